The van der Waals surface area contributed by atoms with E-state index in [4.69, 9.17) is 11.6 Å². The lowest BCUT2D eigenvalue weighted by atomic mass is 10.0. The van der Waals surface area contributed by atoms with Crippen molar-refractivity contribution < 1.29 is 0 Å². The highest BCUT2D eigenvalue weighted by Gasteiger charge is 2.12. The normalized spacial score (nSPS) is 15.7. The van der Waals surface area contributed by atoms with Crippen molar-refractivity contribution in [2.75, 3.05) is 13.1 Å². The first-order chi connectivity index (χ1) is 9.74. The number of likely N-dealkylation sites (tertiary alicyclic amines) is 1. The number of benzene rings is 2. The van der Waals surface area contributed by atoms with Gasteiger partial charge in [-0.15, -0.1) is 0 Å². The summed E-state index contributed by atoms with van der Waals surface area (Å²) >= 11 is 9.83. The molecule has 0 radical (unpaired) electrons. The van der Waals surface area contributed by atoms with E-state index >= 15 is 0 Å². The van der Waals surface area contributed by atoms with Gasteiger partial charge in [0.05, 0.1) is 5.02 Å². The molecule has 1 saturated heterocycles. The second-order valence-corrected chi connectivity index (χ2v) is 6.51. The molecule has 2 aromatic rings. The Morgan fingerprint density at radius 2 is 1.70 bits per heavy atom. The second-order valence-electron chi connectivity index (χ2n) is 5.28. The Morgan fingerprint density at radius 1 is 1.00 bits per heavy atom. The third kappa shape index (κ3) is 3.08. The van der Waals surface area contributed by atoms with Crippen LogP contribution in [0.15, 0.2) is 46.9 Å². The van der Waals surface area contributed by atoms with Crippen molar-refractivity contribution in [2.24, 2.45) is 0 Å². The molecular formula is C17H17BrClN. The molecule has 0 atom stereocenters. The van der Waals surface area contributed by atoms with Crippen LogP contribution in [-0.2, 0) is 6.54 Å². The molecule has 0 aromatic heterocycles. The van der Waals surface area contributed by atoms with Gasteiger partial charge in [-0.3, -0.25) is 4.90 Å². The maximum atomic E-state index is 6.35. The minimum atomic E-state index is 0.778. The number of hydrogen-bond donors (Lipinski definition) is 0. The van der Waals surface area contributed by atoms with Gasteiger partial charge in [0.2, 0.25) is 0 Å². The van der Waals surface area contributed by atoms with Crippen LogP contribution in [0.25, 0.3) is 11.1 Å². The molecule has 1 fully saturated rings. The van der Waals surface area contributed by atoms with Crippen LogP contribution in [-0.4, -0.2) is 18.0 Å². The van der Waals surface area contributed by atoms with E-state index in [1.165, 1.54) is 37.1 Å². The summed E-state index contributed by atoms with van der Waals surface area (Å²) in [6.07, 6.45) is 2.68. The fourth-order valence-corrected chi connectivity index (χ4v) is 3.32. The van der Waals surface area contributed by atoms with E-state index in [1.807, 2.05) is 12.1 Å². The van der Waals surface area contributed by atoms with Crippen LogP contribution in [0.2, 0.25) is 5.02 Å². The van der Waals surface area contributed by atoms with Crippen LogP contribution < -0.4 is 0 Å². The predicted octanol–water partition coefficient (Wildman–Crippen LogP) is 5.37. The van der Waals surface area contributed by atoms with Crippen LogP contribution in [0.4, 0.5) is 0 Å². The van der Waals surface area contributed by atoms with E-state index in [1.54, 1.807) is 0 Å². The first-order valence-electron chi connectivity index (χ1n) is 7.00. The molecule has 0 spiro atoms. The molecule has 0 aliphatic carbocycles. The van der Waals surface area contributed by atoms with Crippen LogP contribution in [0.3, 0.4) is 0 Å². The largest absolute Gasteiger partial charge is 0.299 e. The van der Waals surface area contributed by atoms with Crippen LogP contribution in [0, 0.1) is 0 Å². The molecule has 2 aromatic carbocycles. The summed E-state index contributed by atoms with van der Waals surface area (Å²) in [5.41, 5.74) is 3.62. The van der Waals surface area contributed by atoms with Crippen molar-refractivity contribution in [3.8, 4) is 11.1 Å². The highest BCUT2D eigenvalue weighted by molar-refractivity contribution is 9.10. The number of rotatable bonds is 3. The topological polar surface area (TPSA) is 3.24 Å². The minimum absolute atomic E-state index is 0.778. The van der Waals surface area contributed by atoms with Gasteiger partial charge in [0.1, 0.15) is 0 Å². The zero-order chi connectivity index (χ0) is 13.9. The Bertz CT molecular complexity index is 588. The zero-order valence-electron chi connectivity index (χ0n) is 11.3. The molecule has 0 amide bonds. The molecule has 1 aliphatic heterocycles. The monoisotopic (exact) mass is 349 g/mol. The van der Waals surface area contributed by atoms with Gasteiger partial charge in [-0.25, -0.2) is 0 Å². The molecule has 104 valence electrons. The Hall–Kier alpha value is -0.830. The molecular weight excluding hydrogens is 334 g/mol. The van der Waals surface area contributed by atoms with E-state index in [9.17, 15) is 0 Å². The smallest absolute Gasteiger partial charge is 0.0626 e. The lowest BCUT2D eigenvalue weighted by Gasteiger charge is -2.15. The summed E-state index contributed by atoms with van der Waals surface area (Å²) in [5.74, 6) is 0. The van der Waals surface area contributed by atoms with Gasteiger partial charge in [0.25, 0.3) is 0 Å². The van der Waals surface area contributed by atoms with Gasteiger partial charge in [0.15, 0.2) is 0 Å². The molecule has 0 saturated carbocycles. The van der Waals surface area contributed by atoms with Crippen molar-refractivity contribution >= 4 is 27.5 Å². The molecule has 20 heavy (non-hydrogen) atoms. The van der Waals surface area contributed by atoms with Gasteiger partial charge in [-0.2, -0.15) is 0 Å². The average Bonchev–Trinajstić information content (AvgIpc) is 2.96. The summed E-state index contributed by atoms with van der Waals surface area (Å²) in [4.78, 5) is 2.51. The standard InChI is InChI=1S/C17H17BrClN/c18-16-5-3-4-15(17(16)19)14-8-6-13(7-9-14)12-20-10-1-2-11-20/h3-9H,1-2,10-12H2. The minimum Gasteiger partial charge on any atom is -0.299 e. The number of hydrogen-bond acceptors (Lipinski definition) is 1. The molecule has 1 aliphatic rings. The summed E-state index contributed by atoms with van der Waals surface area (Å²) in [6.45, 7) is 3.53. The second kappa shape index (κ2) is 6.30. The Balaban J connectivity index is 1.80. The summed E-state index contributed by atoms with van der Waals surface area (Å²) in [7, 11) is 0. The van der Waals surface area contributed by atoms with Crippen molar-refractivity contribution in [2.45, 2.75) is 19.4 Å². The predicted molar refractivity (Wildman–Crippen MR) is 89.1 cm³/mol. The molecule has 0 N–H and O–H groups in total. The van der Waals surface area contributed by atoms with Gasteiger partial charge < -0.3 is 0 Å². The van der Waals surface area contributed by atoms with Gasteiger partial charge in [0, 0.05) is 16.6 Å². The van der Waals surface area contributed by atoms with Crippen molar-refractivity contribution in [3.63, 3.8) is 0 Å². The van der Waals surface area contributed by atoms with Gasteiger partial charge in [-0.1, -0.05) is 48.0 Å². The Labute approximate surface area is 133 Å². The van der Waals surface area contributed by atoms with E-state index in [0.29, 0.717) is 0 Å². The van der Waals surface area contributed by atoms with Crippen molar-refractivity contribution in [3.05, 3.63) is 57.5 Å². The number of halogens is 2. The lowest BCUT2D eigenvalue weighted by Crippen LogP contribution is -2.18. The summed E-state index contributed by atoms with van der Waals surface area (Å²) in [6, 6.07) is 14.8. The molecule has 1 heterocycles. The fourth-order valence-electron chi connectivity index (χ4n) is 2.72. The average molecular weight is 351 g/mol. The van der Waals surface area contributed by atoms with E-state index in [2.05, 4.69) is 51.2 Å². The Morgan fingerprint density at radius 3 is 2.40 bits per heavy atom. The van der Waals surface area contributed by atoms with Crippen LogP contribution >= 0.6 is 27.5 Å². The molecule has 0 unspecified atom stereocenters. The first-order valence-corrected chi connectivity index (χ1v) is 8.17. The summed E-state index contributed by atoms with van der Waals surface area (Å²) in [5, 5.41) is 0.778. The fraction of sp³-hybridized carbons (Fsp3) is 0.294. The van der Waals surface area contributed by atoms with Gasteiger partial charge in [-0.05, 0) is 59.1 Å². The van der Waals surface area contributed by atoms with Crippen molar-refractivity contribution in [1.29, 1.82) is 0 Å². The van der Waals surface area contributed by atoms with E-state index < -0.39 is 0 Å². The van der Waals surface area contributed by atoms with Crippen molar-refractivity contribution in [1.82, 2.24) is 4.90 Å². The zero-order valence-corrected chi connectivity index (χ0v) is 13.6. The highest BCUT2D eigenvalue weighted by Crippen LogP contribution is 2.33. The van der Waals surface area contributed by atoms with E-state index in [0.717, 1.165) is 21.6 Å². The SMILES string of the molecule is Clc1c(Br)cccc1-c1ccc(CN2CCCC2)cc1. The van der Waals surface area contributed by atoms with Crippen LogP contribution in [0.5, 0.6) is 0 Å². The quantitative estimate of drug-likeness (QED) is 0.719. The Kier molecular flexibility index (Phi) is 4.45. The maximum absolute atomic E-state index is 6.35. The molecule has 0 bridgehead atoms. The molecule has 1 nitrogen and oxygen atoms in total. The lowest BCUT2D eigenvalue weighted by molar-refractivity contribution is 0.331. The third-order valence-corrected chi connectivity index (χ3v) is 5.12. The van der Waals surface area contributed by atoms with E-state index in [-0.39, 0.29) is 0 Å². The van der Waals surface area contributed by atoms with Gasteiger partial charge >= 0.3 is 0 Å². The molecule has 3 rings (SSSR count). The first kappa shape index (κ1) is 14.1. The summed E-state index contributed by atoms with van der Waals surface area (Å²) < 4.78 is 0.942. The number of nitrogens with zero attached hydrogens (tertiary/aromatic N) is 1. The maximum Gasteiger partial charge on any atom is 0.0626 e. The molecule has 3 heteroatoms. The third-order valence-electron chi connectivity index (χ3n) is 3.82. The van der Waals surface area contributed by atoms with Crippen LogP contribution in [0.1, 0.15) is 18.4 Å². The highest BCUT2D eigenvalue weighted by atomic mass is 79.9.